The van der Waals surface area contributed by atoms with E-state index in [0.29, 0.717) is 6.10 Å². The fourth-order valence-electron chi connectivity index (χ4n) is 1.43. The van der Waals surface area contributed by atoms with Crippen LogP contribution in [0.1, 0.15) is 13.8 Å². The highest BCUT2D eigenvalue weighted by Crippen LogP contribution is 2.04. The normalized spacial score (nSPS) is 30.3. The lowest BCUT2D eigenvalue weighted by Gasteiger charge is -2.31. The van der Waals surface area contributed by atoms with Crippen molar-refractivity contribution in [2.45, 2.75) is 26.1 Å². The number of hydrogen-bond donors (Lipinski definition) is 1. The average Bonchev–Trinajstić information content (AvgIpc) is 1.85. The van der Waals surface area contributed by atoms with E-state index in [1.54, 1.807) is 0 Å². The average molecular weight is 159 g/mol. The molecule has 0 spiro atoms. The molecule has 0 saturated carbocycles. The standard InChI is InChI=1S/C8H17NO2/c1-7(10)5-9-3-4-11-8(2)6-9/h7-8,10H,3-6H2,1-2H3. The third-order valence-electron chi connectivity index (χ3n) is 1.85. The zero-order valence-electron chi connectivity index (χ0n) is 7.29. The quantitative estimate of drug-likeness (QED) is 0.619. The Morgan fingerprint density at radius 3 is 3.00 bits per heavy atom. The molecule has 3 nitrogen and oxygen atoms in total. The highest BCUT2D eigenvalue weighted by molar-refractivity contribution is 4.69. The second-order valence-corrected chi connectivity index (χ2v) is 3.29. The Kier molecular flexibility index (Phi) is 3.30. The number of rotatable bonds is 2. The van der Waals surface area contributed by atoms with E-state index >= 15 is 0 Å². The van der Waals surface area contributed by atoms with Crippen molar-refractivity contribution in [1.29, 1.82) is 0 Å². The molecule has 2 unspecified atom stereocenters. The van der Waals surface area contributed by atoms with E-state index in [-0.39, 0.29) is 6.10 Å². The number of aliphatic hydroxyl groups is 1. The van der Waals surface area contributed by atoms with Gasteiger partial charge in [-0.25, -0.2) is 0 Å². The van der Waals surface area contributed by atoms with Gasteiger partial charge in [0.05, 0.1) is 18.8 Å². The summed E-state index contributed by atoms with van der Waals surface area (Å²) in [5.74, 6) is 0. The Morgan fingerprint density at radius 1 is 1.73 bits per heavy atom. The zero-order chi connectivity index (χ0) is 8.27. The number of nitrogens with zero attached hydrogens (tertiary/aromatic N) is 1. The summed E-state index contributed by atoms with van der Waals surface area (Å²) in [6, 6.07) is 0. The molecule has 1 aliphatic rings. The molecule has 1 rings (SSSR count). The summed E-state index contributed by atoms with van der Waals surface area (Å²) in [6.07, 6.45) is 0.0998. The lowest BCUT2D eigenvalue weighted by molar-refractivity contribution is -0.0296. The van der Waals surface area contributed by atoms with Crippen LogP contribution in [-0.2, 0) is 4.74 Å². The summed E-state index contributed by atoms with van der Waals surface area (Å²) < 4.78 is 5.37. The van der Waals surface area contributed by atoms with Crippen molar-refractivity contribution in [1.82, 2.24) is 4.90 Å². The highest BCUT2D eigenvalue weighted by atomic mass is 16.5. The van der Waals surface area contributed by atoms with Gasteiger partial charge in [-0.1, -0.05) is 0 Å². The maximum atomic E-state index is 9.11. The van der Waals surface area contributed by atoms with Gasteiger partial charge in [-0.2, -0.15) is 0 Å². The number of ether oxygens (including phenoxy) is 1. The summed E-state index contributed by atoms with van der Waals surface area (Å²) in [5.41, 5.74) is 0. The van der Waals surface area contributed by atoms with Gasteiger partial charge in [0.25, 0.3) is 0 Å². The minimum absolute atomic E-state index is 0.222. The summed E-state index contributed by atoms with van der Waals surface area (Å²) >= 11 is 0. The van der Waals surface area contributed by atoms with E-state index in [2.05, 4.69) is 11.8 Å². The van der Waals surface area contributed by atoms with Crippen LogP contribution in [0.2, 0.25) is 0 Å². The first-order valence-electron chi connectivity index (χ1n) is 4.20. The predicted molar refractivity (Wildman–Crippen MR) is 43.5 cm³/mol. The molecule has 0 aromatic rings. The molecular formula is C8H17NO2. The SMILES string of the molecule is CC(O)CN1CCOC(C)C1. The molecule has 1 aliphatic heterocycles. The van der Waals surface area contributed by atoms with Crippen molar-refractivity contribution in [3.05, 3.63) is 0 Å². The lowest BCUT2D eigenvalue weighted by Crippen LogP contribution is -2.43. The van der Waals surface area contributed by atoms with E-state index in [0.717, 1.165) is 26.2 Å². The lowest BCUT2D eigenvalue weighted by atomic mass is 10.2. The van der Waals surface area contributed by atoms with Crippen molar-refractivity contribution in [3.8, 4) is 0 Å². The van der Waals surface area contributed by atoms with Gasteiger partial charge in [-0.3, -0.25) is 4.90 Å². The van der Waals surface area contributed by atoms with Gasteiger partial charge >= 0.3 is 0 Å². The van der Waals surface area contributed by atoms with Crippen molar-refractivity contribution in [3.63, 3.8) is 0 Å². The van der Waals surface area contributed by atoms with Crippen LogP contribution in [0.15, 0.2) is 0 Å². The van der Waals surface area contributed by atoms with Gasteiger partial charge in [0.15, 0.2) is 0 Å². The molecule has 11 heavy (non-hydrogen) atoms. The van der Waals surface area contributed by atoms with Crippen molar-refractivity contribution in [2.75, 3.05) is 26.2 Å². The summed E-state index contributed by atoms with van der Waals surface area (Å²) in [7, 11) is 0. The minimum Gasteiger partial charge on any atom is -0.392 e. The Morgan fingerprint density at radius 2 is 2.45 bits per heavy atom. The summed E-state index contributed by atoms with van der Waals surface area (Å²) in [5, 5.41) is 9.11. The van der Waals surface area contributed by atoms with Crippen LogP contribution in [0, 0.1) is 0 Å². The first-order valence-corrected chi connectivity index (χ1v) is 4.20. The maximum Gasteiger partial charge on any atom is 0.0674 e. The molecule has 0 bridgehead atoms. The van der Waals surface area contributed by atoms with Crippen LogP contribution in [0.5, 0.6) is 0 Å². The van der Waals surface area contributed by atoms with Crippen molar-refractivity contribution in [2.24, 2.45) is 0 Å². The fourth-order valence-corrected chi connectivity index (χ4v) is 1.43. The topological polar surface area (TPSA) is 32.7 Å². The Bertz CT molecular complexity index is 115. The second kappa shape index (κ2) is 4.04. The first-order chi connectivity index (χ1) is 5.18. The van der Waals surface area contributed by atoms with E-state index in [1.807, 2.05) is 6.92 Å². The monoisotopic (exact) mass is 159 g/mol. The third kappa shape index (κ3) is 3.18. The van der Waals surface area contributed by atoms with E-state index < -0.39 is 0 Å². The molecule has 3 heteroatoms. The van der Waals surface area contributed by atoms with Gasteiger partial charge in [0, 0.05) is 19.6 Å². The van der Waals surface area contributed by atoms with Crippen LogP contribution in [0.25, 0.3) is 0 Å². The van der Waals surface area contributed by atoms with E-state index in [1.165, 1.54) is 0 Å². The Labute approximate surface area is 68.0 Å². The first kappa shape index (κ1) is 8.97. The number of aliphatic hydroxyl groups excluding tert-OH is 1. The van der Waals surface area contributed by atoms with Crippen LogP contribution in [0.4, 0.5) is 0 Å². The number of hydrogen-bond acceptors (Lipinski definition) is 3. The fraction of sp³-hybridized carbons (Fsp3) is 1.00. The summed E-state index contributed by atoms with van der Waals surface area (Å²) in [6.45, 7) is 7.36. The van der Waals surface area contributed by atoms with Crippen molar-refractivity contribution < 1.29 is 9.84 Å². The number of morpholine rings is 1. The summed E-state index contributed by atoms with van der Waals surface area (Å²) in [4.78, 5) is 2.23. The van der Waals surface area contributed by atoms with E-state index in [9.17, 15) is 0 Å². The molecule has 1 saturated heterocycles. The van der Waals surface area contributed by atoms with Gasteiger partial charge in [0.2, 0.25) is 0 Å². The maximum absolute atomic E-state index is 9.11. The molecule has 0 aromatic carbocycles. The Hall–Kier alpha value is -0.120. The van der Waals surface area contributed by atoms with Crippen LogP contribution in [0.3, 0.4) is 0 Å². The van der Waals surface area contributed by atoms with Gasteiger partial charge in [0.1, 0.15) is 0 Å². The van der Waals surface area contributed by atoms with Crippen LogP contribution < -0.4 is 0 Å². The zero-order valence-corrected chi connectivity index (χ0v) is 7.29. The molecule has 0 aliphatic carbocycles. The molecule has 1 N–H and O–H groups in total. The molecule has 0 amide bonds. The van der Waals surface area contributed by atoms with Gasteiger partial charge < -0.3 is 9.84 Å². The molecule has 0 aromatic heterocycles. The smallest absolute Gasteiger partial charge is 0.0674 e. The largest absolute Gasteiger partial charge is 0.392 e. The molecular weight excluding hydrogens is 142 g/mol. The van der Waals surface area contributed by atoms with Crippen molar-refractivity contribution >= 4 is 0 Å². The molecule has 0 radical (unpaired) electrons. The van der Waals surface area contributed by atoms with Crippen LogP contribution in [-0.4, -0.2) is 48.5 Å². The predicted octanol–water partition coefficient (Wildman–Crippen LogP) is 0.0879. The highest BCUT2D eigenvalue weighted by Gasteiger charge is 2.17. The molecule has 1 heterocycles. The van der Waals surface area contributed by atoms with E-state index in [4.69, 9.17) is 9.84 Å². The number of β-amino-alcohol motifs (C(OH)–C–C–N with tert-alkyl or cyclic N) is 1. The molecule has 2 atom stereocenters. The second-order valence-electron chi connectivity index (χ2n) is 3.29. The molecule has 66 valence electrons. The minimum atomic E-state index is -0.222. The van der Waals surface area contributed by atoms with Crippen LogP contribution >= 0.6 is 0 Å². The third-order valence-corrected chi connectivity index (χ3v) is 1.85. The van der Waals surface area contributed by atoms with Gasteiger partial charge in [-0.15, -0.1) is 0 Å². The van der Waals surface area contributed by atoms with Gasteiger partial charge in [-0.05, 0) is 13.8 Å². The molecule has 1 fully saturated rings. The Balaban J connectivity index is 2.23.